The van der Waals surface area contributed by atoms with Gasteiger partial charge in [-0.05, 0) is 79.4 Å². The minimum atomic E-state index is 0.245. The fourth-order valence-corrected chi connectivity index (χ4v) is 7.20. The van der Waals surface area contributed by atoms with Crippen LogP contribution in [-0.2, 0) is 12.8 Å². The molecule has 0 amide bonds. The van der Waals surface area contributed by atoms with Crippen molar-refractivity contribution in [1.82, 2.24) is 4.98 Å². The third kappa shape index (κ3) is 2.04. The summed E-state index contributed by atoms with van der Waals surface area (Å²) in [5.41, 5.74) is 9.52. The van der Waals surface area contributed by atoms with E-state index in [2.05, 4.69) is 53.7 Å². The average Bonchev–Trinajstić information content (AvgIpc) is 2.66. The van der Waals surface area contributed by atoms with Crippen molar-refractivity contribution in [3.05, 3.63) is 51.0 Å². The van der Waals surface area contributed by atoms with Crippen LogP contribution >= 0.6 is 0 Å². The number of hydrogen-bond acceptors (Lipinski definition) is 2. The maximum absolute atomic E-state index is 13.8. The Labute approximate surface area is 174 Å². The minimum Gasteiger partial charge on any atom is -0.618 e. The largest absolute Gasteiger partial charge is 0.618 e. The van der Waals surface area contributed by atoms with Gasteiger partial charge in [-0.15, -0.1) is 0 Å². The summed E-state index contributed by atoms with van der Waals surface area (Å²) < 4.78 is 1.28. The first-order valence-corrected chi connectivity index (χ1v) is 11.4. The van der Waals surface area contributed by atoms with E-state index in [0.717, 1.165) is 52.9 Å². The van der Waals surface area contributed by atoms with Crippen molar-refractivity contribution in [3.63, 3.8) is 0 Å². The molecule has 0 spiro atoms. The fraction of sp³-hybridized carbons (Fsp3) is 0.615. The van der Waals surface area contributed by atoms with E-state index in [0.29, 0.717) is 17.3 Å². The molecule has 6 aliphatic carbocycles. The molecule has 6 aliphatic rings. The van der Waals surface area contributed by atoms with Crippen molar-refractivity contribution in [2.45, 2.75) is 79.1 Å². The van der Waals surface area contributed by atoms with Gasteiger partial charge in [-0.3, -0.25) is 0 Å². The molecule has 0 N–H and O–H groups in total. The molecule has 0 aromatic carbocycles. The first kappa shape index (κ1) is 17.9. The third-order valence-electron chi connectivity index (χ3n) is 9.60. The van der Waals surface area contributed by atoms with Crippen LogP contribution in [0.5, 0.6) is 0 Å². The summed E-state index contributed by atoms with van der Waals surface area (Å²) in [6.07, 6.45) is 4.62. The molecule has 2 saturated carbocycles. The van der Waals surface area contributed by atoms with Gasteiger partial charge in [0.15, 0.2) is 5.69 Å². The molecule has 4 atom stereocenters. The Kier molecular flexibility index (Phi) is 3.23. The Balaban J connectivity index is 1.54. The number of pyridine rings is 2. The minimum absolute atomic E-state index is 0.245. The van der Waals surface area contributed by atoms with Gasteiger partial charge in [0.05, 0.1) is 5.92 Å². The molecule has 29 heavy (non-hydrogen) atoms. The Morgan fingerprint density at radius 2 is 1.48 bits per heavy atom. The lowest BCUT2D eigenvalue weighted by atomic mass is 9.48. The van der Waals surface area contributed by atoms with Crippen LogP contribution < -0.4 is 4.73 Å². The molecule has 2 fully saturated rings. The van der Waals surface area contributed by atoms with Gasteiger partial charge in [-0.25, -0.2) is 4.98 Å². The van der Waals surface area contributed by atoms with Crippen LogP contribution in [0.4, 0.5) is 0 Å². The zero-order valence-electron chi connectivity index (χ0n) is 18.6. The van der Waals surface area contributed by atoms with E-state index in [-0.39, 0.29) is 5.41 Å². The van der Waals surface area contributed by atoms with E-state index < -0.39 is 0 Å². The van der Waals surface area contributed by atoms with Crippen molar-refractivity contribution in [2.24, 2.45) is 22.7 Å². The number of hydrogen-bond donors (Lipinski definition) is 0. The lowest BCUT2D eigenvalue weighted by Gasteiger charge is -2.56. The summed E-state index contributed by atoms with van der Waals surface area (Å²) >= 11 is 0. The molecule has 3 heteroatoms. The van der Waals surface area contributed by atoms with E-state index >= 15 is 0 Å². The van der Waals surface area contributed by atoms with Crippen LogP contribution in [0.25, 0.3) is 11.4 Å². The normalized spacial score (nSPS) is 31.9. The summed E-state index contributed by atoms with van der Waals surface area (Å²) in [7, 11) is 0. The molecule has 0 unspecified atom stereocenters. The van der Waals surface area contributed by atoms with E-state index in [4.69, 9.17) is 4.98 Å². The molecule has 4 bridgehead atoms. The number of aromatic nitrogens is 2. The zero-order chi connectivity index (χ0) is 20.5. The standard InChI is InChI=1S/C26H32N2O/c1-13-7-15-9-17-11-19(25(17,3)4)22(15)27-21(13)23-14(2)8-16-10-18-12-20(26(18,5)6)24(16)28(23)29/h7-8,17-20H,9-12H2,1-6H3/t17-,18-,19-,20-/m0/s1. The molecule has 3 nitrogen and oxygen atoms in total. The highest BCUT2D eigenvalue weighted by Crippen LogP contribution is 2.63. The topological polar surface area (TPSA) is 39.8 Å². The average molecular weight is 389 g/mol. The second-order valence-corrected chi connectivity index (χ2v) is 11.6. The van der Waals surface area contributed by atoms with Crippen molar-refractivity contribution in [1.29, 1.82) is 0 Å². The third-order valence-corrected chi connectivity index (χ3v) is 9.60. The zero-order valence-corrected chi connectivity index (χ0v) is 18.6. The molecule has 0 aliphatic heterocycles. The molecule has 2 heterocycles. The number of rotatable bonds is 1. The smallest absolute Gasteiger partial charge is 0.245 e. The van der Waals surface area contributed by atoms with Gasteiger partial charge in [0.1, 0.15) is 5.69 Å². The van der Waals surface area contributed by atoms with Gasteiger partial charge in [0.25, 0.3) is 0 Å². The Morgan fingerprint density at radius 3 is 2.14 bits per heavy atom. The van der Waals surface area contributed by atoms with Crippen molar-refractivity contribution in [2.75, 3.05) is 0 Å². The molecule has 152 valence electrons. The van der Waals surface area contributed by atoms with Crippen molar-refractivity contribution < 1.29 is 4.73 Å². The monoisotopic (exact) mass is 388 g/mol. The lowest BCUT2D eigenvalue weighted by molar-refractivity contribution is -0.609. The van der Waals surface area contributed by atoms with Gasteiger partial charge < -0.3 is 5.21 Å². The molecular formula is C26H32N2O. The van der Waals surface area contributed by atoms with E-state index in [1.807, 2.05) is 0 Å². The predicted molar refractivity (Wildman–Crippen MR) is 115 cm³/mol. The first-order valence-electron chi connectivity index (χ1n) is 11.4. The van der Waals surface area contributed by atoms with Crippen molar-refractivity contribution in [3.8, 4) is 11.4 Å². The van der Waals surface area contributed by atoms with Crippen LogP contribution in [0.1, 0.15) is 86.0 Å². The van der Waals surface area contributed by atoms with Gasteiger partial charge in [-0.2, -0.15) is 4.73 Å². The SMILES string of the molecule is Cc1cc2c(nc1-c1c(C)cc3c([n+]1[O-])[C@@H]1C[C@H](C3)C1(C)C)[C@@H]1C[C@H](C2)C1(C)C. The summed E-state index contributed by atoms with van der Waals surface area (Å²) in [5, 5.41) is 13.8. The number of nitrogens with zero attached hydrogens (tertiary/aromatic N) is 2. The van der Waals surface area contributed by atoms with Crippen LogP contribution in [0.3, 0.4) is 0 Å². The quantitative estimate of drug-likeness (QED) is 0.487. The molecule has 2 aromatic rings. The summed E-state index contributed by atoms with van der Waals surface area (Å²) in [6.45, 7) is 13.7. The van der Waals surface area contributed by atoms with E-state index in [1.165, 1.54) is 34.4 Å². The van der Waals surface area contributed by atoms with Crippen molar-refractivity contribution >= 4 is 0 Å². The highest BCUT2D eigenvalue weighted by Gasteiger charge is 2.57. The van der Waals surface area contributed by atoms with Crippen LogP contribution in [-0.4, -0.2) is 4.98 Å². The maximum Gasteiger partial charge on any atom is 0.245 e. The maximum atomic E-state index is 13.8. The van der Waals surface area contributed by atoms with E-state index in [9.17, 15) is 5.21 Å². The molecule has 0 saturated heterocycles. The first-order chi connectivity index (χ1) is 13.6. The van der Waals surface area contributed by atoms with Crippen LogP contribution in [0, 0.1) is 41.7 Å². The summed E-state index contributed by atoms with van der Waals surface area (Å²) in [5.74, 6) is 2.44. The van der Waals surface area contributed by atoms with Gasteiger partial charge in [0, 0.05) is 22.7 Å². The van der Waals surface area contributed by atoms with Crippen LogP contribution in [0.2, 0.25) is 0 Å². The number of aryl methyl sites for hydroxylation is 2. The second kappa shape index (κ2) is 5.22. The molecule has 2 aromatic heterocycles. The van der Waals surface area contributed by atoms with Gasteiger partial charge >= 0.3 is 0 Å². The Morgan fingerprint density at radius 1 is 0.897 bits per heavy atom. The molecule has 8 rings (SSSR count). The second-order valence-electron chi connectivity index (χ2n) is 11.6. The highest BCUT2D eigenvalue weighted by atomic mass is 16.5. The van der Waals surface area contributed by atoms with E-state index in [1.54, 1.807) is 0 Å². The lowest BCUT2D eigenvalue weighted by Crippen LogP contribution is -2.54. The van der Waals surface area contributed by atoms with Gasteiger partial charge in [-0.1, -0.05) is 33.8 Å². The fourth-order valence-electron chi connectivity index (χ4n) is 7.20. The predicted octanol–water partition coefficient (Wildman–Crippen LogP) is 5.37. The Hall–Kier alpha value is -1.90. The molecule has 0 radical (unpaired) electrons. The summed E-state index contributed by atoms with van der Waals surface area (Å²) in [4.78, 5) is 5.22. The van der Waals surface area contributed by atoms with Crippen LogP contribution in [0.15, 0.2) is 12.1 Å². The Bertz CT molecular complexity index is 1080. The summed E-state index contributed by atoms with van der Waals surface area (Å²) in [6, 6.07) is 4.62. The molecular weight excluding hydrogens is 356 g/mol. The van der Waals surface area contributed by atoms with Gasteiger partial charge in [0.2, 0.25) is 5.69 Å². The highest BCUT2D eigenvalue weighted by molar-refractivity contribution is 5.62.